The fraction of sp³-hybridized carbons (Fsp3) is 0.474. The highest BCUT2D eigenvalue weighted by atomic mass is 16.5. The molecule has 3 heterocycles. The Kier molecular flexibility index (Phi) is 13.1. The minimum atomic E-state index is -0.388. The van der Waals surface area contributed by atoms with Crippen molar-refractivity contribution in [3.05, 3.63) is 66.0 Å². The van der Waals surface area contributed by atoms with Crippen LogP contribution in [0.3, 0.4) is 0 Å². The number of benzene rings is 2. The number of nitrogens with zero attached hydrogens (tertiary/aromatic N) is 4. The van der Waals surface area contributed by atoms with Gasteiger partial charge in [-0.3, -0.25) is 24.6 Å². The fourth-order valence-corrected chi connectivity index (χ4v) is 6.41. The van der Waals surface area contributed by atoms with Gasteiger partial charge in [0.1, 0.15) is 17.5 Å². The third-order valence-corrected chi connectivity index (χ3v) is 9.49. The number of hydrogen-bond donors (Lipinski definition) is 3. The van der Waals surface area contributed by atoms with Gasteiger partial charge in [-0.15, -0.1) is 0 Å². The van der Waals surface area contributed by atoms with Crippen LogP contribution in [0.1, 0.15) is 43.7 Å². The monoisotopic (exact) mass is 701 g/mol. The molecule has 0 aliphatic carbocycles. The molecule has 3 N–H and O–H groups in total. The van der Waals surface area contributed by atoms with Crippen LogP contribution < -0.4 is 30.3 Å². The van der Waals surface area contributed by atoms with E-state index >= 15 is 0 Å². The number of imide groups is 1. The molecule has 3 aliphatic heterocycles. The number of piperidine rings is 1. The van der Waals surface area contributed by atoms with E-state index in [4.69, 9.17) is 19.2 Å². The summed E-state index contributed by atoms with van der Waals surface area (Å²) in [6, 6.07) is 11.6. The molecule has 1 atom stereocenters. The first-order valence-corrected chi connectivity index (χ1v) is 17.6. The van der Waals surface area contributed by atoms with E-state index in [0.717, 1.165) is 72.3 Å². The molecule has 51 heavy (non-hydrogen) atoms. The summed E-state index contributed by atoms with van der Waals surface area (Å²) in [5.41, 5.74) is 6.33. The molecule has 5 rings (SSSR count). The van der Waals surface area contributed by atoms with Gasteiger partial charge in [-0.25, -0.2) is 4.99 Å². The minimum absolute atomic E-state index is 0.00972. The topological polar surface area (TPSA) is 137 Å². The number of carbonyl (C=O) groups excluding carboxylic acids is 3. The number of nitrogens with one attached hydrogen (secondary N) is 3. The van der Waals surface area contributed by atoms with Crippen molar-refractivity contribution in [2.24, 2.45) is 4.99 Å². The van der Waals surface area contributed by atoms with Crippen LogP contribution in [0, 0.1) is 0 Å². The summed E-state index contributed by atoms with van der Waals surface area (Å²) in [5, 5.41) is 8.57. The first kappa shape index (κ1) is 37.4. The zero-order valence-electron chi connectivity index (χ0n) is 30.3. The Bertz CT molecular complexity index is 1610. The number of hydrogen-bond acceptors (Lipinski definition) is 11. The fourth-order valence-electron chi connectivity index (χ4n) is 6.41. The lowest BCUT2D eigenvalue weighted by atomic mass is 10.0. The third kappa shape index (κ3) is 10.1. The average molecular weight is 702 g/mol. The first-order chi connectivity index (χ1) is 24.6. The van der Waals surface area contributed by atoms with Crippen LogP contribution in [0.5, 0.6) is 11.5 Å². The zero-order chi connectivity index (χ0) is 36.3. The maximum Gasteiger partial charge on any atom is 0.249 e. The third-order valence-electron chi connectivity index (χ3n) is 9.49. The van der Waals surface area contributed by atoms with Gasteiger partial charge < -0.3 is 34.6 Å². The van der Waals surface area contributed by atoms with Crippen molar-refractivity contribution in [1.82, 2.24) is 20.4 Å². The molecule has 3 aliphatic rings. The molecule has 3 amide bonds. The van der Waals surface area contributed by atoms with Crippen molar-refractivity contribution in [1.29, 1.82) is 0 Å². The number of allylic oxidation sites excluding steroid dienone is 1. The van der Waals surface area contributed by atoms with Crippen molar-refractivity contribution in [2.75, 3.05) is 84.0 Å². The second-order valence-electron chi connectivity index (χ2n) is 13.0. The van der Waals surface area contributed by atoms with E-state index in [1.165, 1.54) is 0 Å². The summed E-state index contributed by atoms with van der Waals surface area (Å²) >= 11 is 0. The minimum Gasteiger partial charge on any atom is -0.496 e. The molecule has 2 aromatic carbocycles. The molecule has 0 aromatic heterocycles. The van der Waals surface area contributed by atoms with Crippen LogP contribution in [0.4, 0.5) is 11.4 Å². The van der Waals surface area contributed by atoms with Gasteiger partial charge in [-0.2, -0.15) is 0 Å². The van der Waals surface area contributed by atoms with Crippen LogP contribution in [0.25, 0.3) is 5.70 Å². The summed E-state index contributed by atoms with van der Waals surface area (Å²) in [6.45, 7) is 12.1. The molecule has 2 saturated heterocycles. The standard InChI is InChI=1S/C38H51N7O6/c1-26-27(2)43(3)25-33(40-26)28-23-34(49-4)31(35(24-28)50-5)7-6-8-36(46)39-15-21-51-22-20-44-16-18-45(19-17-44)30-11-9-29(10-12-30)41-32-13-14-37(47)42-38(32)48/h9-12,23-25,32,41H,2,6-8,13-22H2,1,3-5H3,(H,39,46)(H,42,47,48). The molecule has 0 radical (unpaired) electrons. The number of aliphatic imine (C=N–C) groups is 1. The summed E-state index contributed by atoms with van der Waals surface area (Å²) in [5.74, 6) is 0.914. The van der Waals surface area contributed by atoms with Crippen molar-refractivity contribution >= 4 is 40.5 Å². The summed E-state index contributed by atoms with van der Waals surface area (Å²) in [4.78, 5) is 47.3. The largest absolute Gasteiger partial charge is 0.496 e. The van der Waals surface area contributed by atoms with E-state index in [0.29, 0.717) is 63.4 Å². The predicted molar refractivity (Wildman–Crippen MR) is 199 cm³/mol. The Labute approximate surface area is 300 Å². The molecular formula is C38H51N7O6. The van der Waals surface area contributed by atoms with Crippen LogP contribution in [0.2, 0.25) is 0 Å². The maximum absolute atomic E-state index is 12.5. The van der Waals surface area contributed by atoms with Crippen molar-refractivity contribution in [3.63, 3.8) is 0 Å². The summed E-state index contributed by atoms with van der Waals surface area (Å²) in [6.07, 6.45) is 4.46. The lowest BCUT2D eigenvalue weighted by Crippen LogP contribution is -2.47. The van der Waals surface area contributed by atoms with E-state index in [1.807, 2.05) is 49.3 Å². The second-order valence-corrected chi connectivity index (χ2v) is 13.0. The molecule has 0 spiro atoms. The molecule has 2 aromatic rings. The number of rotatable bonds is 16. The van der Waals surface area contributed by atoms with Crippen LogP contribution >= 0.6 is 0 Å². The quantitative estimate of drug-likeness (QED) is 0.177. The Morgan fingerprint density at radius 3 is 2.39 bits per heavy atom. The normalized spacial score (nSPS) is 18.2. The van der Waals surface area contributed by atoms with E-state index < -0.39 is 0 Å². The molecule has 13 heteroatoms. The molecule has 1 unspecified atom stereocenters. The number of ether oxygens (including phenoxy) is 3. The first-order valence-electron chi connectivity index (χ1n) is 17.6. The Morgan fingerprint density at radius 2 is 1.75 bits per heavy atom. The highest BCUT2D eigenvalue weighted by Crippen LogP contribution is 2.36. The summed E-state index contributed by atoms with van der Waals surface area (Å²) in [7, 11) is 5.22. The number of methoxy groups -OCH3 is 2. The highest BCUT2D eigenvalue weighted by molar-refractivity contribution is 6.02. The van der Waals surface area contributed by atoms with E-state index in [1.54, 1.807) is 14.2 Å². The molecule has 274 valence electrons. The molecule has 13 nitrogen and oxygen atoms in total. The van der Waals surface area contributed by atoms with Crippen LogP contribution in [-0.4, -0.2) is 113 Å². The second kappa shape index (κ2) is 17.9. The highest BCUT2D eigenvalue weighted by Gasteiger charge is 2.26. The van der Waals surface area contributed by atoms with Gasteiger partial charge in [0.15, 0.2) is 0 Å². The number of amides is 3. The predicted octanol–water partition coefficient (Wildman–Crippen LogP) is 3.42. The number of carbonyl (C=O) groups is 3. The van der Waals surface area contributed by atoms with Gasteiger partial charge in [0.25, 0.3) is 0 Å². The van der Waals surface area contributed by atoms with Crippen molar-refractivity contribution in [2.45, 2.75) is 45.1 Å². The van der Waals surface area contributed by atoms with Gasteiger partial charge >= 0.3 is 0 Å². The number of anilines is 2. The molecule has 2 fully saturated rings. The van der Waals surface area contributed by atoms with Crippen molar-refractivity contribution < 1.29 is 28.6 Å². The molecule has 0 saturated carbocycles. The van der Waals surface area contributed by atoms with Crippen molar-refractivity contribution in [3.8, 4) is 11.5 Å². The van der Waals surface area contributed by atoms with E-state index in [9.17, 15) is 14.4 Å². The lowest BCUT2D eigenvalue weighted by molar-refractivity contribution is -0.133. The van der Waals surface area contributed by atoms with Gasteiger partial charge in [-0.05, 0) is 62.6 Å². The van der Waals surface area contributed by atoms with E-state index in [-0.39, 0.29) is 23.8 Å². The smallest absolute Gasteiger partial charge is 0.249 e. The van der Waals surface area contributed by atoms with E-state index in [2.05, 4.69) is 44.5 Å². The molecule has 0 bridgehead atoms. The van der Waals surface area contributed by atoms with Crippen LogP contribution in [-0.2, 0) is 25.5 Å². The Balaban J connectivity index is 0.951. The molecular weight excluding hydrogens is 650 g/mol. The SMILES string of the molecule is C=C1C(C)=NC(c2cc(OC)c(CCCC(=O)NCCOCCN3CCN(c4ccc(NC5CCC(=O)NC5=O)cc4)CC3)c(OC)c2)=CN1C. The maximum atomic E-state index is 12.5. The van der Waals surface area contributed by atoms with Gasteiger partial charge in [-0.1, -0.05) is 6.58 Å². The average Bonchev–Trinajstić information content (AvgIpc) is 3.13. The lowest BCUT2D eigenvalue weighted by Gasteiger charge is -2.36. The van der Waals surface area contributed by atoms with Crippen LogP contribution in [0.15, 0.2) is 59.9 Å². The Morgan fingerprint density at radius 1 is 1.04 bits per heavy atom. The van der Waals surface area contributed by atoms with Gasteiger partial charge in [0, 0.05) is 87.9 Å². The summed E-state index contributed by atoms with van der Waals surface area (Å²) < 4.78 is 17.3. The number of piperazine rings is 1. The zero-order valence-corrected chi connectivity index (χ0v) is 30.3. The van der Waals surface area contributed by atoms with Gasteiger partial charge in [0.05, 0.1) is 44.5 Å². The Hall–Kier alpha value is -4.88. The van der Waals surface area contributed by atoms with Gasteiger partial charge in [0.2, 0.25) is 17.7 Å².